The summed E-state index contributed by atoms with van der Waals surface area (Å²) in [5, 5.41) is 2.87. The van der Waals surface area contributed by atoms with Gasteiger partial charge >= 0.3 is 0 Å². The number of ether oxygens (including phenoxy) is 1. The highest BCUT2D eigenvalue weighted by atomic mass is 35.5. The average Bonchev–Trinajstić information content (AvgIpc) is 3.08. The molecule has 3 aromatic rings. The number of hydrogen-bond donors (Lipinski definition) is 1. The van der Waals surface area contributed by atoms with Gasteiger partial charge in [0.25, 0.3) is 5.91 Å². The Kier molecular flexibility index (Phi) is 4.48. The van der Waals surface area contributed by atoms with Crippen molar-refractivity contribution in [3.8, 4) is 11.4 Å². The number of amides is 1. The van der Waals surface area contributed by atoms with E-state index in [0.717, 1.165) is 0 Å². The third-order valence-electron chi connectivity index (χ3n) is 3.41. The summed E-state index contributed by atoms with van der Waals surface area (Å²) >= 11 is 6.07. The lowest BCUT2D eigenvalue weighted by molar-refractivity contribution is 0.102. The van der Waals surface area contributed by atoms with E-state index in [2.05, 4.69) is 10.3 Å². The van der Waals surface area contributed by atoms with Gasteiger partial charge in [0.2, 0.25) is 0 Å². The van der Waals surface area contributed by atoms with Crippen LogP contribution in [-0.2, 0) is 0 Å². The van der Waals surface area contributed by atoms with Crippen molar-refractivity contribution in [2.24, 2.45) is 0 Å². The smallest absolute Gasteiger partial charge is 0.260 e. The Morgan fingerprint density at radius 1 is 1.33 bits per heavy atom. The van der Waals surface area contributed by atoms with Crippen LogP contribution in [0.4, 0.5) is 10.1 Å². The first kappa shape index (κ1) is 16.0. The highest BCUT2D eigenvalue weighted by molar-refractivity contribution is 6.34. The zero-order valence-electron chi connectivity index (χ0n) is 12.7. The van der Waals surface area contributed by atoms with Crippen LogP contribution in [0.2, 0.25) is 5.02 Å². The average molecular weight is 346 g/mol. The number of nitrogens with one attached hydrogen (secondary N) is 1. The molecule has 1 aromatic heterocycles. The van der Waals surface area contributed by atoms with Gasteiger partial charge in [-0.3, -0.25) is 4.79 Å². The maximum absolute atomic E-state index is 14.2. The van der Waals surface area contributed by atoms with Gasteiger partial charge in [-0.2, -0.15) is 0 Å². The number of carbonyl (C=O) groups excluding carboxylic acids is 1. The number of anilines is 1. The van der Waals surface area contributed by atoms with Crippen molar-refractivity contribution in [2.75, 3.05) is 12.4 Å². The number of hydrogen-bond acceptors (Lipinski definition) is 3. The lowest BCUT2D eigenvalue weighted by Gasteiger charge is -2.12. The van der Waals surface area contributed by atoms with Crippen LogP contribution in [0.3, 0.4) is 0 Å². The molecule has 1 N–H and O–H groups in total. The molecule has 24 heavy (non-hydrogen) atoms. The van der Waals surface area contributed by atoms with Crippen LogP contribution in [0.5, 0.6) is 5.75 Å². The number of benzene rings is 2. The summed E-state index contributed by atoms with van der Waals surface area (Å²) in [7, 11) is 1.45. The third-order valence-corrected chi connectivity index (χ3v) is 3.73. The van der Waals surface area contributed by atoms with E-state index in [0.29, 0.717) is 17.1 Å². The van der Waals surface area contributed by atoms with Crippen LogP contribution < -0.4 is 10.1 Å². The number of rotatable bonds is 4. The molecule has 3 rings (SSSR count). The van der Waals surface area contributed by atoms with Gasteiger partial charge in [-0.05, 0) is 30.3 Å². The van der Waals surface area contributed by atoms with E-state index >= 15 is 0 Å². The lowest BCUT2D eigenvalue weighted by Crippen LogP contribution is -2.14. The van der Waals surface area contributed by atoms with Crippen LogP contribution in [0.1, 0.15) is 10.4 Å². The molecule has 0 unspecified atom stereocenters. The Balaban J connectivity index is 1.87. The van der Waals surface area contributed by atoms with Crippen LogP contribution >= 0.6 is 11.6 Å². The molecule has 0 aliphatic carbocycles. The minimum absolute atomic E-state index is 0.195. The fraction of sp³-hybridized carbons (Fsp3) is 0.0588. The summed E-state index contributed by atoms with van der Waals surface area (Å²) in [5.74, 6) is -0.625. The molecule has 0 bridgehead atoms. The number of methoxy groups -OCH3 is 1. The predicted molar refractivity (Wildman–Crippen MR) is 89.5 cm³/mol. The van der Waals surface area contributed by atoms with E-state index < -0.39 is 11.7 Å². The van der Waals surface area contributed by atoms with Crippen LogP contribution in [-0.4, -0.2) is 22.6 Å². The molecule has 5 nitrogen and oxygen atoms in total. The Hall–Kier alpha value is -2.86. The summed E-state index contributed by atoms with van der Waals surface area (Å²) < 4.78 is 20.9. The molecule has 0 aliphatic rings. The van der Waals surface area contributed by atoms with E-state index in [-0.39, 0.29) is 10.6 Å². The molecule has 0 radical (unpaired) electrons. The molecule has 1 heterocycles. The first-order valence-corrected chi connectivity index (χ1v) is 7.39. The predicted octanol–water partition coefficient (Wildman–Crippen LogP) is 3.93. The molecule has 122 valence electrons. The van der Waals surface area contributed by atoms with Gasteiger partial charge in [0.15, 0.2) is 0 Å². The first-order valence-electron chi connectivity index (χ1n) is 7.02. The summed E-state index contributed by atoms with van der Waals surface area (Å²) in [6.45, 7) is 0. The second-order valence-corrected chi connectivity index (χ2v) is 5.31. The van der Waals surface area contributed by atoms with E-state index in [4.69, 9.17) is 16.3 Å². The topological polar surface area (TPSA) is 56.1 Å². The van der Waals surface area contributed by atoms with Crippen LogP contribution in [0.15, 0.2) is 55.1 Å². The summed E-state index contributed by atoms with van der Waals surface area (Å²) in [4.78, 5) is 16.3. The number of imidazole rings is 1. The van der Waals surface area contributed by atoms with Gasteiger partial charge < -0.3 is 14.6 Å². The van der Waals surface area contributed by atoms with Crippen molar-refractivity contribution in [2.45, 2.75) is 0 Å². The molecule has 0 aliphatic heterocycles. The van der Waals surface area contributed by atoms with E-state index in [1.165, 1.54) is 24.1 Å². The second kappa shape index (κ2) is 6.72. The minimum Gasteiger partial charge on any atom is -0.496 e. The van der Waals surface area contributed by atoms with E-state index in [1.54, 1.807) is 42.7 Å². The molecule has 0 saturated heterocycles. The number of nitrogens with zero attached hydrogens (tertiary/aromatic N) is 2. The van der Waals surface area contributed by atoms with Gasteiger partial charge in [-0.25, -0.2) is 9.37 Å². The molecule has 0 fully saturated rings. The standard InChI is InChI=1S/C17H13ClFN3O2/c1-24-15-4-2-3-12(18)16(15)17(23)21-11-5-6-14(13(19)9-11)22-8-7-20-10-22/h2-10H,1H3,(H,21,23). The summed E-state index contributed by atoms with van der Waals surface area (Å²) in [5.41, 5.74) is 0.838. The van der Waals surface area contributed by atoms with Crippen molar-refractivity contribution in [3.63, 3.8) is 0 Å². The molecular weight excluding hydrogens is 333 g/mol. The minimum atomic E-state index is -0.489. The van der Waals surface area contributed by atoms with E-state index in [9.17, 15) is 9.18 Å². The largest absolute Gasteiger partial charge is 0.496 e. The van der Waals surface area contributed by atoms with E-state index in [1.807, 2.05) is 0 Å². The SMILES string of the molecule is COc1cccc(Cl)c1C(=O)Nc1ccc(-n2ccnc2)c(F)c1. The molecule has 0 spiro atoms. The fourth-order valence-electron chi connectivity index (χ4n) is 2.28. The van der Waals surface area contributed by atoms with Crippen LogP contribution in [0, 0.1) is 5.82 Å². The molecule has 2 aromatic carbocycles. The quantitative estimate of drug-likeness (QED) is 0.779. The van der Waals surface area contributed by atoms with Gasteiger partial charge in [-0.1, -0.05) is 17.7 Å². The Labute approximate surface area is 142 Å². The normalized spacial score (nSPS) is 10.5. The van der Waals surface area contributed by atoms with Gasteiger partial charge in [0.1, 0.15) is 17.1 Å². The van der Waals surface area contributed by atoms with Crippen molar-refractivity contribution in [3.05, 3.63) is 71.5 Å². The number of aromatic nitrogens is 2. The molecule has 1 amide bonds. The van der Waals surface area contributed by atoms with Crippen molar-refractivity contribution in [1.82, 2.24) is 9.55 Å². The first-order chi connectivity index (χ1) is 11.6. The maximum Gasteiger partial charge on any atom is 0.260 e. The van der Waals surface area contributed by atoms with Gasteiger partial charge in [0, 0.05) is 18.1 Å². The third kappa shape index (κ3) is 3.09. The van der Waals surface area contributed by atoms with Crippen LogP contribution in [0.25, 0.3) is 5.69 Å². The molecular formula is C17H13ClFN3O2. The summed E-state index contributed by atoms with van der Waals surface area (Å²) in [6.07, 6.45) is 4.68. The molecule has 0 atom stereocenters. The highest BCUT2D eigenvalue weighted by Crippen LogP contribution is 2.27. The maximum atomic E-state index is 14.2. The Morgan fingerprint density at radius 3 is 2.83 bits per heavy atom. The van der Waals surface area contributed by atoms with Crippen molar-refractivity contribution in [1.29, 1.82) is 0 Å². The Bertz CT molecular complexity index is 882. The molecule has 7 heteroatoms. The zero-order chi connectivity index (χ0) is 17.1. The Morgan fingerprint density at radius 2 is 2.17 bits per heavy atom. The zero-order valence-corrected chi connectivity index (χ0v) is 13.4. The number of carbonyl (C=O) groups is 1. The van der Waals surface area contributed by atoms with Gasteiger partial charge in [0.05, 0.1) is 24.1 Å². The second-order valence-electron chi connectivity index (χ2n) is 4.91. The highest BCUT2D eigenvalue weighted by Gasteiger charge is 2.17. The number of halogens is 2. The van der Waals surface area contributed by atoms with Gasteiger partial charge in [-0.15, -0.1) is 0 Å². The van der Waals surface area contributed by atoms with Crippen molar-refractivity contribution >= 4 is 23.2 Å². The molecule has 0 saturated carbocycles. The fourth-order valence-corrected chi connectivity index (χ4v) is 2.54. The lowest BCUT2D eigenvalue weighted by atomic mass is 10.1. The van der Waals surface area contributed by atoms with Crippen molar-refractivity contribution < 1.29 is 13.9 Å². The summed E-state index contributed by atoms with van der Waals surface area (Å²) in [6, 6.07) is 9.27. The monoisotopic (exact) mass is 345 g/mol.